The fourth-order valence-corrected chi connectivity index (χ4v) is 3.18. The SMILES string of the molecule is CC(=O)N1CC2CCC1CC2CCN. The Hall–Kier alpha value is -0.570. The average molecular weight is 196 g/mol. The molecule has 3 heteroatoms. The van der Waals surface area contributed by atoms with E-state index in [1.54, 1.807) is 6.92 Å². The number of amides is 1. The second-order valence-corrected chi connectivity index (χ2v) is 4.74. The van der Waals surface area contributed by atoms with Gasteiger partial charge in [-0.05, 0) is 44.1 Å². The van der Waals surface area contributed by atoms with E-state index < -0.39 is 0 Å². The van der Waals surface area contributed by atoms with E-state index in [0.29, 0.717) is 6.04 Å². The number of piperidine rings is 2. The second kappa shape index (κ2) is 3.89. The third-order valence-corrected chi connectivity index (χ3v) is 3.93. The van der Waals surface area contributed by atoms with Crippen LogP contribution in [0.5, 0.6) is 0 Å². The van der Waals surface area contributed by atoms with Crippen LogP contribution in [0.25, 0.3) is 0 Å². The zero-order valence-electron chi connectivity index (χ0n) is 8.91. The van der Waals surface area contributed by atoms with E-state index in [2.05, 4.69) is 4.90 Å². The molecule has 1 aliphatic carbocycles. The van der Waals surface area contributed by atoms with Crippen molar-refractivity contribution in [3.05, 3.63) is 0 Å². The number of hydrogen-bond acceptors (Lipinski definition) is 2. The lowest BCUT2D eigenvalue weighted by Gasteiger charge is -2.49. The van der Waals surface area contributed by atoms with Gasteiger partial charge in [-0.3, -0.25) is 4.79 Å². The molecule has 0 aromatic rings. The second-order valence-electron chi connectivity index (χ2n) is 4.74. The number of carbonyl (C=O) groups excluding carboxylic acids is 1. The molecule has 2 aliphatic heterocycles. The monoisotopic (exact) mass is 196 g/mol. The summed E-state index contributed by atoms with van der Waals surface area (Å²) in [5, 5.41) is 0. The van der Waals surface area contributed by atoms with Crippen LogP contribution in [0.15, 0.2) is 0 Å². The zero-order valence-corrected chi connectivity index (χ0v) is 8.91. The summed E-state index contributed by atoms with van der Waals surface area (Å²) < 4.78 is 0. The maximum absolute atomic E-state index is 11.4. The number of nitrogens with two attached hydrogens (primary N) is 1. The van der Waals surface area contributed by atoms with Crippen LogP contribution in [0.3, 0.4) is 0 Å². The molecule has 2 N–H and O–H groups in total. The van der Waals surface area contributed by atoms with Crippen LogP contribution in [0.1, 0.15) is 32.6 Å². The van der Waals surface area contributed by atoms with Crippen LogP contribution < -0.4 is 5.73 Å². The third kappa shape index (κ3) is 1.65. The first-order chi connectivity index (χ1) is 6.72. The summed E-state index contributed by atoms with van der Waals surface area (Å²) in [6, 6.07) is 0.522. The van der Waals surface area contributed by atoms with Crippen LogP contribution in [-0.2, 0) is 4.79 Å². The molecule has 3 unspecified atom stereocenters. The maximum Gasteiger partial charge on any atom is 0.219 e. The minimum absolute atomic E-state index is 0.255. The van der Waals surface area contributed by atoms with Crippen molar-refractivity contribution >= 4 is 5.91 Å². The number of fused-ring (bicyclic) bond motifs is 3. The Balaban J connectivity index is 2.01. The molecule has 0 aromatic heterocycles. The molecule has 2 bridgehead atoms. The molecule has 3 nitrogen and oxygen atoms in total. The normalized spacial score (nSPS) is 36.1. The first kappa shape index (κ1) is 9.97. The molecule has 3 rings (SSSR count). The highest BCUT2D eigenvalue weighted by atomic mass is 16.2. The Morgan fingerprint density at radius 3 is 2.79 bits per heavy atom. The van der Waals surface area contributed by atoms with Gasteiger partial charge in [0.1, 0.15) is 0 Å². The van der Waals surface area contributed by atoms with Crippen LogP contribution in [-0.4, -0.2) is 29.9 Å². The fraction of sp³-hybridized carbons (Fsp3) is 0.909. The van der Waals surface area contributed by atoms with Gasteiger partial charge in [-0.1, -0.05) is 0 Å². The zero-order chi connectivity index (χ0) is 10.1. The van der Waals surface area contributed by atoms with Gasteiger partial charge in [0.2, 0.25) is 5.91 Å². The molecule has 0 radical (unpaired) electrons. The largest absolute Gasteiger partial charge is 0.340 e. The number of carbonyl (C=O) groups is 1. The molecule has 0 aromatic carbocycles. The van der Waals surface area contributed by atoms with Crippen molar-refractivity contribution in [2.45, 2.75) is 38.6 Å². The predicted molar refractivity (Wildman–Crippen MR) is 55.7 cm³/mol. The van der Waals surface area contributed by atoms with Gasteiger partial charge in [0.05, 0.1) is 0 Å². The molecular weight excluding hydrogens is 176 g/mol. The van der Waals surface area contributed by atoms with E-state index in [4.69, 9.17) is 5.73 Å². The maximum atomic E-state index is 11.4. The number of nitrogens with zero attached hydrogens (tertiary/aromatic N) is 1. The molecule has 2 heterocycles. The summed E-state index contributed by atoms with van der Waals surface area (Å²) in [7, 11) is 0. The van der Waals surface area contributed by atoms with Gasteiger partial charge in [-0.2, -0.15) is 0 Å². The Labute approximate surface area is 85.6 Å². The number of rotatable bonds is 2. The van der Waals surface area contributed by atoms with E-state index in [-0.39, 0.29) is 5.91 Å². The van der Waals surface area contributed by atoms with Gasteiger partial charge in [0.25, 0.3) is 0 Å². The molecular formula is C11H20N2O. The van der Waals surface area contributed by atoms with Crippen LogP contribution in [0.2, 0.25) is 0 Å². The molecule has 3 atom stereocenters. The van der Waals surface area contributed by atoms with Gasteiger partial charge in [-0.15, -0.1) is 0 Å². The Morgan fingerprint density at radius 1 is 1.50 bits per heavy atom. The van der Waals surface area contributed by atoms with E-state index in [9.17, 15) is 4.79 Å². The predicted octanol–water partition coefficient (Wildman–Crippen LogP) is 0.982. The van der Waals surface area contributed by atoms with Crippen molar-refractivity contribution in [3.8, 4) is 0 Å². The lowest BCUT2D eigenvalue weighted by atomic mass is 9.71. The molecule has 0 spiro atoms. The summed E-state index contributed by atoms with van der Waals surface area (Å²) in [6.45, 7) is 3.48. The Bertz CT molecular complexity index is 229. The van der Waals surface area contributed by atoms with Crippen LogP contribution in [0, 0.1) is 11.8 Å². The van der Waals surface area contributed by atoms with Crippen molar-refractivity contribution in [3.63, 3.8) is 0 Å². The summed E-state index contributed by atoms with van der Waals surface area (Å²) in [4.78, 5) is 13.4. The van der Waals surface area contributed by atoms with Gasteiger partial charge < -0.3 is 10.6 Å². The molecule has 14 heavy (non-hydrogen) atoms. The summed E-state index contributed by atoms with van der Waals surface area (Å²) in [6.07, 6.45) is 4.86. The van der Waals surface area contributed by atoms with Crippen LogP contribution >= 0.6 is 0 Å². The van der Waals surface area contributed by atoms with E-state index >= 15 is 0 Å². The van der Waals surface area contributed by atoms with Gasteiger partial charge in [0.15, 0.2) is 0 Å². The highest BCUT2D eigenvalue weighted by Gasteiger charge is 2.40. The lowest BCUT2D eigenvalue weighted by Crippen LogP contribution is -2.53. The number of hydrogen-bond donors (Lipinski definition) is 1. The summed E-state index contributed by atoms with van der Waals surface area (Å²) in [5.41, 5.74) is 5.61. The first-order valence-electron chi connectivity index (χ1n) is 5.69. The Kier molecular flexibility index (Phi) is 2.77. The topological polar surface area (TPSA) is 46.3 Å². The molecule has 80 valence electrons. The molecule has 3 fully saturated rings. The Morgan fingerprint density at radius 2 is 2.29 bits per heavy atom. The summed E-state index contributed by atoms with van der Waals surface area (Å²) in [5.74, 6) is 1.77. The van der Waals surface area contributed by atoms with Crippen LogP contribution in [0.4, 0.5) is 0 Å². The van der Waals surface area contributed by atoms with Gasteiger partial charge >= 0.3 is 0 Å². The quantitative estimate of drug-likeness (QED) is 0.715. The van der Waals surface area contributed by atoms with Gasteiger partial charge in [-0.25, -0.2) is 0 Å². The minimum atomic E-state index is 0.255. The average Bonchev–Trinajstić information content (AvgIpc) is 2.19. The lowest BCUT2D eigenvalue weighted by molar-refractivity contribution is -0.138. The molecule has 1 amide bonds. The van der Waals surface area contributed by atoms with E-state index in [1.807, 2.05) is 0 Å². The highest BCUT2D eigenvalue weighted by Crippen LogP contribution is 2.40. The third-order valence-electron chi connectivity index (χ3n) is 3.93. The van der Waals surface area contributed by atoms with Crippen molar-refractivity contribution in [2.75, 3.05) is 13.1 Å². The smallest absolute Gasteiger partial charge is 0.219 e. The highest BCUT2D eigenvalue weighted by molar-refractivity contribution is 5.73. The van der Waals surface area contributed by atoms with Crippen molar-refractivity contribution in [1.82, 2.24) is 4.90 Å². The van der Waals surface area contributed by atoms with E-state index in [0.717, 1.165) is 31.3 Å². The molecule has 3 aliphatic rings. The summed E-state index contributed by atoms with van der Waals surface area (Å²) >= 11 is 0. The minimum Gasteiger partial charge on any atom is -0.340 e. The van der Waals surface area contributed by atoms with Crippen molar-refractivity contribution < 1.29 is 4.79 Å². The van der Waals surface area contributed by atoms with Crippen molar-refractivity contribution in [1.29, 1.82) is 0 Å². The van der Waals surface area contributed by atoms with E-state index in [1.165, 1.54) is 19.3 Å². The van der Waals surface area contributed by atoms with Crippen molar-refractivity contribution in [2.24, 2.45) is 17.6 Å². The first-order valence-corrected chi connectivity index (χ1v) is 5.69. The standard InChI is InChI=1S/C11H20N2O/c1-8(14)13-7-10-2-3-11(13)6-9(10)4-5-12/h9-11H,2-7,12H2,1H3. The fourth-order valence-electron chi connectivity index (χ4n) is 3.18. The molecule has 1 saturated carbocycles. The molecule has 2 saturated heterocycles. The van der Waals surface area contributed by atoms with Gasteiger partial charge in [0, 0.05) is 19.5 Å².